The number of rotatable bonds is 7. The molecule has 0 atom stereocenters. The monoisotopic (exact) mass is 435 g/mol. The SMILES string of the molecule is C/C=C\C(=C/C)c1nn(-c2ccccc2)c(OC)c1C(=O)N(C)Cc1ccc(Cl)cc1. The molecule has 160 valence electrons. The van der Waals surface area contributed by atoms with Gasteiger partial charge in [-0.05, 0) is 49.2 Å². The van der Waals surface area contributed by atoms with Gasteiger partial charge in [0.05, 0.1) is 12.8 Å². The Labute approximate surface area is 188 Å². The normalized spacial score (nSPS) is 11.7. The Bertz CT molecular complexity index is 1100. The molecule has 3 aromatic rings. The van der Waals surface area contributed by atoms with Crippen LogP contribution in [0.1, 0.15) is 35.5 Å². The molecular weight excluding hydrogens is 410 g/mol. The predicted molar refractivity (Wildman–Crippen MR) is 126 cm³/mol. The summed E-state index contributed by atoms with van der Waals surface area (Å²) in [6, 6.07) is 17.1. The summed E-state index contributed by atoms with van der Waals surface area (Å²) in [5.41, 5.74) is 3.65. The minimum atomic E-state index is -0.173. The van der Waals surface area contributed by atoms with Crippen molar-refractivity contribution < 1.29 is 9.53 Å². The lowest BCUT2D eigenvalue weighted by Crippen LogP contribution is -2.27. The summed E-state index contributed by atoms with van der Waals surface area (Å²) in [6.45, 7) is 4.29. The van der Waals surface area contributed by atoms with Crippen LogP contribution in [0.3, 0.4) is 0 Å². The second-order valence-electron chi connectivity index (χ2n) is 7.01. The molecular formula is C25H26ClN3O2. The van der Waals surface area contributed by atoms with Gasteiger partial charge in [0.2, 0.25) is 5.88 Å². The zero-order chi connectivity index (χ0) is 22.4. The summed E-state index contributed by atoms with van der Waals surface area (Å²) < 4.78 is 7.38. The molecule has 0 unspecified atom stereocenters. The smallest absolute Gasteiger partial charge is 0.261 e. The first-order valence-electron chi connectivity index (χ1n) is 10.0. The van der Waals surface area contributed by atoms with Gasteiger partial charge in [0.15, 0.2) is 0 Å². The van der Waals surface area contributed by atoms with E-state index >= 15 is 0 Å². The van der Waals surface area contributed by atoms with E-state index in [1.165, 1.54) is 0 Å². The zero-order valence-corrected chi connectivity index (χ0v) is 18.9. The van der Waals surface area contributed by atoms with E-state index in [1.54, 1.807) is 23.7 Å². The first-order chi connectivity index (χ1) is 15.0. The van der Waals surface area contributed by atoms with Crippen molar-refractivity contribution in [2.45, 2.75) is 20.4 Å². The molecule has 5 nitrogen and oxygen atoms in total. The maximum Gasteiger partial charge on any atom is 0.261 e. The molecule has 6 heteroatoms. The second-order valence-corrected chi connectivity index (χ2v) is 7.45. The topological polar surface area (TPSA) is 47.4 Å². The molecule has 1 amide bonds. The van der Waals surface area contributed by atoms with E-state index in [0.29, 0.717) is 28.7 Å². The molecule has 2 aromatic carbocycles. The number of methoxy groups -OCH3 is 1. The minimum Gasteiger partial charge on any atom is -0.480 e. The summed E-state index contributed by atoms with van der Waals surface area (Å²) in [5, 5.41) is 5.43. The fraction of sp³-hybridized carbons (Fsp3) is 0.200. The van der Waals surface area contributed by atoms with E-state index in [0.717, 1.165) is 16.8 Å². The van der Waals surface area contributed by atoms with Gasteiger partial charge in [-0.2, -0.15) is 9.78 Å². The molecule has 0 saturated carbocycles. The number of carbonyl (C=O) groups excluding carboxylic acids is 1. The number of hydrogen-bond acceptors (Lipinski definition) is 3. The van der Waals surface area contributed by atoms with Gasteiger partial charge >= 0.3 is 0 Å². The Morgan fingerprint density at radius 3 is 2.39 bits per heavy atom. The number of carbonyl (C=O) groups is 1. The van der Waals surface area contributed by atoms with Crippen LogP contribution < -0.4 is 4.74 Å². The van der Waals surface area contributed by atoms with Gasteiger partial charge in [-0.25, -0.2) is 0 Å². The van der Waals surface area contributed by atoms with E-state index in [1.807, 2.05) is 86.7 Å². The second kappa shape index (κ2) is 10.1. The van der Waals surface area contributed by atoms with Crippen molar-refractivity contribution in [1.82, 2.24) is 14.7 Å². The quantitative estimate of drug-likeness (QED) is 0.441. The number of nitrogens with zero attached hydrogens (tertiary/aromatic N) is 3. The lowest BCUT2D eigenvalue weighted by molar-refractivity contribution is 0.0781. The van der Waals surface area contributed by atoms with Crippen LogP contribution in [-0.4, -0.2) is 34.7 Å². The van der Waals surface area contributed by atoms with Crippen molar-refractivity contribution in [3.63, 3.8) is 0 Å². The maximum atomic E-state index is 13.6. The Kier molecular flexibility index (Phi) is 7.32. The van der Waals surface area contributed by atoms with E-state index in [2.05, 4.69) is 0 Å². The standard InChI is InChI=1S/C25H26ClN3O2/c1-5-10-19(6-2)23-22(24(30)28(3)17-18-13-15-20(26)16-14-18)25(31-4)29(27-23)21-11-8-7-9-12-21/h5-16H,17H2,1-4H3/b10-5-,19-6+. The molecule has 0 fully saturated rings. The minimum absolute atomic E-state index is 0.173. The van der Waals surface area contributed by atoms with Gasteiger partial charge in [0.1, 0.15) is 11.3 Å². The third-order valence-corrected chi connectivity index (χ3v) is 5.11. The number of ether oxygens (including phenoxy) is 1. The van der Waals surface area contributed by atoms with Gasteiger partial charge in [0.25, 0.3) is 5.91 Å². The lowest BCUT2D eigenvalue weighted by Gasteiger charge is -2.18. The van der Waals surface area contributed by atoms with E-state index in [-0.39, 0.29) is 5.91 Å². The van der Waals surface area contributed by atoms with E-state index in [4.69, 9.17) is 21.4 Å². The van der Waals surface area contributed by atoms with Gasteiger partial charge in [-0.15, -0.1) is 0 Å². The zero-order valence-electron chi connectivity index (χ0n) is 18.2. The van der Waals surface area contributed by atoms with Crippen LogP contribution in [0.5, 0.6) is 5.88 Å². The number of amides is 1. The molecule has 1 heterocycles. The van der Waals surface area contributed by atoms with Crippen molar-refractivity contribution in [1.29, 1.82) is 0 Å². The van der Waals surface area contributed by atoms with Crippen molar-refractivity contribution in [2.24, 2.45) is 0 Å². The van der Waals surface area contributed by atoms with Crippen LogP contribution in [-0.2, 0) is 6.54 Å². The van der Waals surface area contributed by atoms with Gasteiger partial charge in [-0.3, -0.25) is 4.79 Å². The largest absolute Gasteiger partial charge is 0.480 e. The van der Waals surface area contributed by atoms with Crippen LogP contribution in [0.4, 0.5) is 0 Å². The van der Waals surface area contributed by atoms with Crippen molar-refractivity contribution >= 4 is 23.1 Å². The lowest BCUT2D eigenvalue weighted by atomic mass is 10.1. The molecule has 0 radical (unpaired) electrons. The first kappa shape index (κ1) is 22.4. The van der Waals surface area contributed by atoms with Crippen molar-refractivity contribution in [3.05, 3.63) is 94.7 Å². The third kappa shape index (κ3) is 4.89. The highest BCUT2D eigenvalue weighted by molar-refractivity contribution is 6.30. The number of para-hydroxylation sites is 1. The molecule has 1 aromatic heterocycles. The molecule has 0 bridgehead atoms. The number of hydrogen-bond donors (Lipinski definition) is 0. The first-order valence-corrected chi connectivity index (χ1v) is 10.4. The van der Waals surface area contributed by atoms with Crippen molar-refractivity contribution in [3.8, 4) is 11.6 Å². The Morgan fingerprint density at radius 2 is 1.81 bits per heavy atom. The summed E-state index contributed by atoms with van der Waals surface area (Å²) in [5.74, 6) is 0.228. The van der Waals surface area contributed by atoms with Crippen LogP contribution in [0.15, 0.2) is 72.8 Å². The molecule has 0 aliphatic rings. The highest BCUT2D eigenvalue weighted by Crippen LogP contribution is 2.32. The van der Waals surface area contributed by atoms with Crippen LogP contribution in [0, 0.1) is 0 Å². The van der Waals surface area contributed by atoms with Gasteiger partial charge in [0, 0.05) is 18.6 Å². The van der Waals surface area contributed by atoms with Crippen LogP contribution in [0.2, 0.25) is 5.02 Å². The number of aromatic nitrogens is 2. The van der Waals surface area contributed by atoms with Gasteiger partial charge in [-0.1, -0.05) is 60.2 Å². The maximum absolute atomic E-state index is 13.6. The van der Waals surface area contributed by atoms with Crippen molar-refractivity contribution in [2.75, 3.05) is 14.2 Å². The molecule has 0 N–H and O–H groups in total. The number of allylic oxidation sites excluding steroid dienone is 4. The molecule has 0 spiro atoms. The fourth-order valence-corrected chi connectivity index (χ4v) is 3.47. The summed E-state index contributed by atoms with van der Waals surface area (Å²) in [6.07, 6.45) is 5.80. The Hall–Kier alpha value is -3.31. The molecule has 0 aliphatic carbocycles. The average Bonchev–Trinajstić information content (AvgIpc) is 3.18. The van der Waals surface area contributed by atoms with Crippen LogP contribution in [0.25, 0.3) is 11.3 Å². The highest BCUT2D eigenvalue weighted by atomic mass is 35.5. The fourth-order valence-electron chi connectivity index (χ4n) is 3.35. The molecule has 0 saturated heterocycles. The number of halogens is 1. The van der Waals surface area contributed by atoms with Gasteiger partial charge < -0.3 is 9.64 Å². The van der Waals surface area contributed by atoms with Crippen LogP contribution >= 0.6 is 11.6 Å². The molecule has 0 aliphatic heterocycles. The predicted octanol–water partition coefficient (Wildman–Crippen LogP) is 5.79. The average molecular weight is 436 g/mol. The number of benzene rings is 2. The summed E-state index contributed by atoms with van der Waals surface area (Å²) in [4.78, 5) is 15.3. The summed E-state index contributed by atoms with van der Waals surface area (Å²) in [7, 11) is 3.33. The Morgan fingerprint density at radius 1 is 1.13 bits per heavy atom. The third-order valence-electron chi connectivity index (χ3n) is 4.86. The Balaban J connectivity index is 2.10. The highest BCUT2D eigenvalue weighted by Gasteiger charge is 2.29. The molecule has 31 heavy (non-hydrogen) atoms. The molecule has 3 rings (SSSR count). The van der Waals surface area contributed by atoms with E-state index in [9.17, 15) is 4.79 Å². The van der Waals surface area contributed by atoms with E-state index < -0.39 is 0 Å². The summed E-state index contributed by atoms with van der Waals surface area (Å²) >= 11 is 5.99.